The first-order chi connectivity index (χ1) is 13.4. The molecule has 1 aliphatic heterocycles. The zero-order valence-electron chi connectivity index (χ0n) is 18.2. The lowest BCUT2D eigenvalue weighted by molar-refractivity contribution is -0.145. The lowest BCUT2D eigenvalue weighted by atomic mass is 9.71. The van der Waals surface area contributed by atoms with Gasteiger partial charge < -0.3 is 20.5 Å². The Labute approximate surface area is 171 Å². The first kappa shape index (κ1) is 22.0. The minimum atomic E-state index is -0.453. The smallest absolute Gasteiger partial charge is 0.225 e. The Hall–Kier alpha value is -0.650. The van der Waals surface area contributed by atoms with Gasteiger partial charge in [-0.3, -0.25) is 4.79 Å². The lowest BCUT2D eigenvalue weighted by Crippen LogP contribution is -2.49. The number of hydrogen-bond acceptors (Lipinski definition) is 4. The van der Waals surface area contributed by atoms with E-state index >= 15 is 0 Å². The summed E-state index contributed by atoms with van der Waals surface area (Å²) in [4.78, 5) is 15.2. The second-order valence-corrected chi connectivity index (χ2v) is 10.2. The van der Waals surface area contributed by atoms with Crippen LogP contribution in [0, 0.1) is 29.6 Å². The predicted octanol–water partition coefficient (Wildman–Crippen LogP) is 3.19. The summed E-state index contributed by atoms with van der Waals surface area (Å²) in [6, 6.07) is 0. The minimum absolute atomic E-state index is 0.0215. The number of amides is 1. The molecule has 5 atom stereocenters. The second-order valence-electron chi connectivity index (χ2n) is 10.2. The van der Waals surface area contributed by atoms with Gasteiger partial charge in [0.15, 0.2) is 0 Å². The second kappa shape index (κ2) is 9.44. The third-order valence-electron chi connectivity index (χ3n) is 8.26. The van der Waals surface area contributed by atoms with Crippen molar-refractivity contribution in [1.82, 2.24) is 4.90 Å². The number of rotatable bonds is 5. The van der Waals surface area contributed by atoms with E-state index in [1.807, 2.05) is 13.8 Å². The number of ether oxygens (including phenoxy) is 1. The van der Waals surface area contributed by atoms with Crippen molar-refractivity contribution in [3.05, 3.63) is 0 Å². The summed E-state index contributed by atoms with van der Waals surface area (Å²) >= 11 is 0. The summed E-state index contributed by atoms with van der Waals surface area (Å²) < 4.78 is 5.58. The van der Waals surface area contributed by atoms with E-state index in [0.717, 1.165) is 57.2 Å². The van der Waals surface area contributed by atoms with Crippen molar-refractivity contribution >= 4 is 5.91 Å². The van der Waals surface area contributed by atoms with E-state index in [4.69, 9.17) is 10.5 Å². The first-order valence-corrected chi connectivity index (χ1v) is 11.6. The molecule has 1 amide bonds. The van der Waals surface area contributed by atoms with Gasteiger partial charge in [0.25, 0.3) is 0 Å². The summed E-state index contributed by atoms with van der Waals surface area (Å²) in [5, 5.41) is 10.7. The quantitative estimate of drug-likeness (QED) is 0.751. The highest BCUT2D eigenvalue weighted by atomic mass is 16.5. The molecule has 1 saturated heterocycles. The van der Waals surface area contributed by atoms with Crippen LogP contribution in [0.2, 0.25) is 0 Å². The van der Waals surface area contributed by atoms with Crippen LogP contribution in [0.15, 0.2) is 0 Å². The van der Waals surface area contributed by atoms with Crippen molar-refractivity contribution in [1.29, 1.82) is 0 Å². The van der Waals surface area contributed by atoms with Crippen LogP contribution in [-0.4, -0.2) is 54.4 Å². The van der Waals surface area contributed by atoms with Crippen LogP contribution < -0.4 is 5.73 Å². The zero-order chi connectivity index (χ0) is 20.3. The topological polar surface area (TPSA) is 75.8 Å². The van der Waals surface area contributed by atoms with Gasteiger partial charge in [0.05, 0.1) is 11.7 Å². The summed E-state index contributed by atoms with van der Waals surface area (Å²) in [6.45, 7) is 6.70. The van der Waals surface area contributed by atoms with Gasteiger partial charge in [0, 0.05) is 32.0 Å². The summed E-state index contributed by atoms with van der Waals surface area (Å²) in [5.41, 5.74) is 5.57. The summed E-state index contributed by atoms with van der Waals surface area (Å²) in [5.74, 6) is 2.65. The predicted molar refractivity (Wildman–Crippen MR) is 112 cm³/mol. The molecular weight excluding hydrogens is 352 g/mol. The van der Waals surface area contributed by atoms with E-state index in [0.29, 0.717) is 12.3 Å². The van der Waals surface area contributed by atoms with E-state index in [1.54, 1.807) is 7.11 Å². The molecule has 3 N–H and O–H groups in total. The molecule has 3 aliphatic rings. The molecule has 0 aromatic carbocycles. The number of piperidine rings is 1. The molecule has 0 aromatic rings. The fourth-order valence-electron chi connectivity index (χ4n) is 6.16. The van der Waals surface area contributed by atoms with Crippen LogP contribution in [0.3, 0.4) is 0 Å². The number of aliphatic hydroxyl groups is 1. The van der Waals surface area contributed by atoms with E-state index in [9.17, 15) is 9.90 Å². The number of hydrogen-bond donors (Lipinski definition) is 2. The van der Waals surface area contributed by atoms with Crippen molar-refractivity contribution in [2.45, 2.75) is 83.3 Å². The van der Waals surface area contributed by atoms with Gasteiger partial charge >= 0.3 is 0 Å². The number of aliphatic hydroxyl groups excluding tert-OH is 1. The van der Waals surface area contributed by atoms with Crippen LogP contribution in [0.4, 0.5) is 0 Å². The number of nitrogens with zero attached hydrogens (tertiary/aromatic N) is 1. The highest BCUT2D eigenvalue weighted by molar-refractivity contribution is 5.79. The summed E-state index contributed by atoms with van der Waals surface area (Å²) in [7, 11) is 1.70. The Kier molecular flexibility index (Phi) is 7.43. The van der Waals surface area contributed by atoms with Gasteiger partial charge in [-0.15, -0.1) is 0 Å². The molecule has 5 unspecified atom stereocenters. The first-order valence-electron chi connectivity index (χ1n) is 11.6. The monoisotopic (exact) mass is 394 g/mol. The van der Waals surface area contributed by atoms with Gasteiger partial charge in [-0.1, -0.05) is 12.8 Å². The molecule has 2 aliphatic carbocycles. The average molecular weight is 395 g/mol. The van der Waals surface area contributed by atoms with Crippen LogP contribution >= 0.6 is 0 Å². The van der Waals surface area contributed by atoms with Crippen molar-refractivity contribution in [2.24, 2.45) is 35.3 Å². The van der Waals surface area contributed by atoms with Gasteiger partial charge in [-0.25, -0.2) is 0 Å². The average Bonchev–Trinajstić information content (AvgIpc) is 2.73. The van der Waals surface area contributed by atoms with E-state index in [2.05, 4.69) is 4.90 Å². The lowest BCUT2D eigenvalue weighted by Gasteiger charge is -2.43. The van der Waals surface area contributed by atoms with E-state index in [1.165, 1.54) is 25.7 Å². The number of carbonyl (C=O) groups is 1. The SMILES string of the molecule is COC(C)(C)C1CCC(C(=O)N2CCC(C3CCCC(CN)C3)CC2)CC1O. The van der Waals surface area contributed by atoms with Crippen molar-refractivity contribution in [2.75, 3.05) is 26.7 Å². The molecule has 0 radical (unpaired) electrons. The molecule has 0 spiro atoms. The van der Waals surface area contributed by atoms with Gasteiger partial charge in [0.2, 0.25) is 5.91 Å². The third-order valence-corrected chi connectivity index (χ3v) is 8.26. The summed E-state index contributed by atoms with van der Waals surface area (Å²) in [6.07, 6.45) is 9.40. The Morgan fingerprint density at radius 1 is 1.07 bits per heavy atom. The third kappa shape index (κ3) is 4.91. The molecule has 0 bridgehead atoms. The van der Waals surface area contributed by atoms with Crippen LogP contribution in [0.1, 0.15) is 71.6 Å². The Bertz CT molecular complexity index is 516. The maximum atomic E-state index is 13.1. The molecule has 5 heteroatoms. The molecule has 2 saturated carbocycles. The minimum Gasteiger partial charge on any atom is -0.393 e. The maximum absolute atomic E-state index is 13.1. The highest BCUT2D eigenvalue weighted by Gasteiger charge is 2.42. The normalized spacial score (nSPS) is 35.8. The van der Waals surface area contributed by atoms with Crippen molar-refractivity contribution in [3.8, 4) is 0 Å². The number of carbonyl (C=O) groups excluding carboxylic acids is 1. The van der Waals surface area contributed by atoms with E-state index in [-0.39, 0.29) is 23.3 Å². The number of methoxy groups -OCH3 is 1. The number of nitrogens with two attached hydrogens (primary N) is 1. The number of likely N-dealkylation sites (tertiary alicyclic amines) is 1. The Morgan fingerprint density at radius 2 is 1.79 bits per heavy atom. The molecule has 1 heterocycles. The van der Waals surface area contributed by atoms with Gasteiger partial charge in [0.1, 0.15) is 0 Å². The van der Waals surface area contributed by atoms with Gasteiger partial charge in [-0.2, -0.15) is 0 Å². The molecule has 3 rings (SSSR count). The zero-order valence-corrected chi connectivity index (χ0v) is 18.2. The van der Waals surface area contributed by atoms with Crippen LogP contribution in [0.5, 0.6) is 0 Å². The molecule has 0 aromatic heterocycles. The molecule has 5 nitrogen and oxygen atoms in total. The maximum Gasteiger partial charge on any atom is 0.225 e. The van der Waals surface area contributed by atoms with Crippen molar-refractivity contribution < 1.29 is 14.6 Å². The fourth-order valence-corrected chi connectivity index (χ4v) is 6.16. The van der Waals surface area contributed by atoms with Crippen LogP contribution in [0.25, 0.3) is 0 Å². The largest absolute Gasteiger partial charge is 0.393 e. The molecular formula is C23H42N2O3. The van der Waals surface area contributed by atoms with E-state index < -0.39 is 6.10 Å². The molecule has 3 fully saturated rings. The standard InChI is InChI=1S/C23H42N2O3/c1-23(2,28-3)20-8-7-19(14-21(20)26)22(27)25-11-9-17(10-12-25)18-6-4-5-16(13-18)15-24/h16-21,26H,4-15,24H2,1-3H3. The Balaban J connectivity index is 1.48. The molecule has 28 heavy (non-hydrogen) atoms. The van der Waals surface area contributed by atoms with Crippen LogP contribution in [-0.2, 0) is 9.53 Å². The van der Waals surface area contributed by atoms with Crippen molar-refractivity contribution in [3.63, 3.8) is 0 Å². The molecule has 162 valence electrons. The highest BCUT2D eigenvalue weighted by Crippen LogP contribution is 2.40. The van der Waals surface area contributed by atoms with Gasteiger partial charge in [-0.05, 0) is 83.1 Å². The Morgan fingerprint density at radius 3 is 2.39 bits per heavy atom. The fraction of sp³-hybridized carbons (Fsp3) is 0.957.